The summed E-state index contributed by atoms with van der Waals surface area (Å²) in [4.78, 5) is 2.36. The number of nitrogens with zero attached hydrogens (tertiary/aromatic N) is 1. The average Bonchev–Trinajstić information content (AvgIpc) is 2.97. The third kappa shape index (κ3) is 4.10. The number of hydrogen-bond acceptors (Lipinski definition) is 5. The van der Waals surface area contributed by atoms with Crippen LogP contribution in [0, 0.1) is 0 Å². The summed E-state index contributed by atoms with van der Waals surface area (Å²) in [5.74, 6) is 1.41. The summed E-state index contributed by atoms with van der Waals surface area (Å²) < 4.78 is 10.7. The van der Waals surface area contributed by atoms with Crippen molar-refractivity contribution in [3.8, 4) is 11.5 Å². The van der Waals surface area contributed by atoms with Crippen LogP contribution in [0.3, 0.4) is 0 Å². The second kappa shape index (κ2) is 7.47. The molecule has 0 amide bonds. The fourth-order valence-electron chi connectivity index (χ4n) is 2.28. The van der Waals surface area contributed by atoms with Gasteiger partial charge in [-0.1, -0.05) is 6.07 Å². The summed E-state index contributed by atoms with van der Waals surface area (Å²) in [6.45, 7) is 3.97. The number of aliphatic hydroxyl groups is 1. The fraction of sp³-hybridized carbons (Fsp3) is 0.600. The maximum Gasteiger partial charge on any atom is 0.161 e. The third-order valence-corrected chi connectivity index (χ3v) is 3.50. The Hall–Kier alpha value is -1.30. The van der Waals surface area contributed by atoms with Crippen molar-refractivity contribution in [2.45, 2.75) is 18.9 Å². The normalized spacial score (nSPS) is 19.1. The van der Waals surface area contributed by atoms with E-state index >= 15 is 0 Å². The number of likely N-dealkylation sites (tertiary alicyclic amines) is 1. The van der Waals surface area contributed by atoms with Crippen molar-refractivity contribution in [3.05, 3.63) is 23.8 Å². The Kier molecular flexibility index (Phi) is 5.64. The number of rotatable bonds is 2. The highest BCUT2D eigenvalue weighted by Crippen LogP contribution is 2.32. The van der Waals surface area contributed by atoms with E-state index in [1.165, 1.54) is 25.9 Å². The summed E-state index contributed by atoms with van der Waals surface area (Å²) in [5, 5.41) is 9.51. The van der Waals surface area contributed by atoms with E-state index in [9.17, 15) is 5.11 Å². The lowest BCUT2D eigenvalue weighted by Gasteiger charge is -2.19. The van der Waals surface area contributed by atoms with Crippen LogP contribution in [0.5, 0.6) is 11.5 Å². The molecule has 3 rings (SSSR count). The molecule has 2 aliphatic rings. The predicted molar refractivity (Wildman–Crippen MR) is 78.2 cm³/mol. The van der Waals surface area contributed by atoms with Crippen molar-refractivity contribution in [2.75, 3.05) is 39.9 Å². The first kappa shape index (κ1) is 15.1. The highest BCUT2D eigenvalue weighted by Gasteiger charge is 2.14. The summed E-state index contributed by atoms with van der Waals surface area (Å²) in [6.07, 6.45) is 2.19. The molecule has 0 bridgehead atoms. The number of aliphatic hydroxyl groups excluding tert-OH is 1. The first-order valence-electron chi connectivity index (χ1n) is 7.17. The van der Waals surface area contributed by atoms with Crippen LogP contribution in [0.1, 0.15) is 24.5 Å². The van der Waals surface area contributed by atoms with Gasteiger partial charge in [0.15, 0.2) is 11.5 Å². The first-order chi connectivity index (χ1) is 9.70. The number of benzene rings is 1. The van der Waals surface area contributed by atoms with Crippen LogP contribution in [-0.4, -0.2) is 49.9 Å². The van der Waals surface area contributed by atoms with Crippen LogP contribution in [0.4, 0.5) is 0 Å². The van der Waals surface area contributed by atoms with Crippen molar-refractivity contribution in [1.29, 1.82) is 0 Å². The Morgan fingerprint density at radius 3 is 2.40 bits per heavy atom. The van der Waals surface area contributed by atoms with Crippen molar-refractivity contribution in [3.63, 3.8) is 0 Å². The highest BCUT2D eigenvalue weighted by molar-refractivity contribution is 5.44. The highest BCUT2D eigenvalue weighted by atomic mass is 16.6. The van der Waals surface area contributed by atoms with Gasteiger partial charge in [0.1, 0.15) is 13.2 Å². The molecule has 20 heavy (non-hydrogen) atoms. The van der Waals surface area contributed by atoms with E-state index in [1.807, 2.05) is 0 Å². The standard InChI is InChI=1S/C10H13NO3.C5H11N/c11-6-8(12)7-1-2-9-10(5-7)14-4-3-13-9;1-6-4-2-3-5-6/h1-2,5,8,12H,3-4,6,11H2;2-5H2,1H3. The van der Waals surface area contributed by atoms with Crippen LogP contribution >= 0.6 is 0 Å². The maximum absolute atomic E-state index is 9.51. The minimum Gasteiger partial charge on any atom is -0.486 e. The number of fused-ring (bicyclic) bond motifs is 1. The SMILES string of the molecule is CN1CCCC1.NCC(O)c1ccc2c(c1)OCCO2. The molecule has 5 heteroatoms. The van der Waals surface area contributed by atoms with E-state index < -0.39 is 6.10 Å². The molecule has 1 fully saturated rings. The summed E-state index contributed by atoms with van der Waals surface area (Å²) in [7, 11) is 2.17. The quantitative estimate of drug-likeness (QED) is 0.851. The average molecular weight is 280 g/mol. The lowest BCUT2D eigenvalue weighted by molar-refractivity contribution is 0.166. The molecule has 1 aromatic rings. The minimum absolute atomic E-state index is 0.208. The largest absolute Gasteiger partial charge is 0.486 e. The molecule has 0 aliphatic carbocycles. The van der Waals surface area contributed by atoms with Gasteiger partial charge in [-0.25, -0.2) is 0 Å². The van der Waals surface area contributed by atoms with E-state index in [4.69, 9.17) is 15.2 Å². The molecule has 0 radical (unpaired) electrons. The van der Waals surface area contributed by atoms with E-state index in [-0.39, 0.29) is 6.54 Å². The molecule has 1 unspecified atom stereocenters. The Balaban J connectivity index is 0.000000205. The van der Waals surface area contributed by atoms with Crippen molar-refractivity contribution in [1.82, 2.24) is 4.90 Å². The van der Waals surface area contributed by atoms with Gasteiger partial charge in [0.25, 0.3) is 0 Å². The Bertz CT molecular complexity index is 420. The zero-order chi connectivity index (χ0) is 14.4. The summed E-state index contributed by atoms with van der Waals surface area (Å²) in [6, 6.07) is 5.36. The third-order valence-electron chi connectivity index (χ3n) is 3.50. The van der Waals surface area contributed by atoms with Gasteiger partial charge in [-0.15, -0.1) is 0 Å². The molecule has 1 saturated heterocycles. The molecule has 0 spiro atoms. The van der Waals surface area contributed by atoms with Gasteiger partial charge < -0.3 is 25.2 Å². The molecule has 5 nitrogen and oxygen atoms in total. The molecular formula is C15H24N2O3. The van der Waals surface area contributed by atoms with Crippen molar-refractivity contribution in [2.24, 2.45) is 5.73 Å². The van der Waals surface area contributed by atoms with E-state index in [1.54, 1.807) is 18.2 Å². The van der Waals surface area contributed by atoms with Crippen LogP contribution in [0.2, 0.25) is 0 Å². The Morgan fingerprint density at radius 1 is 1.20 bits per heavy atom. The first-order valence-corrected chi connectivity index (χ1v) is 7.17. The van der Waals surface area contributed by atoms with Crippen molar-refractivity contribution < 1.29 is 14.6 Å². The topological polar surface area (TPSA) is 68.0 Å². The number of nitrogens with two attached hydrogens (primary N) is 1. The van der Waals surface area contributed by atoms with E-state index in [0.717, 1.165) is 11.3 Å². The van der Waals surface area contributed by atoms with Gasteiger partial charge in [-0.3, -0.25) is 0 Å². The van der Waals surface area contributed by atoms with Gasteiger partial charge in [0.05, 0.1) is 6.10 Å². The smallest absolute Gasteiger partial charge is 0.161 e. The van der Waals surface area contributed by atoms with Crippen LogP contribution in [0.25, 0.3) is 0 Å². The number of hydrogen-bond donors (Lipinski definition) is 2. The number of ether oxygens (including phenoxy) is 2. The van der Waals surface area contributed by atoms with Gasteiger partial charge in [-0.05, 0) is 50.7 Å². The van der Waals surface area contributed by atoms with Crippen LogP contribution in [-0.2, 0) is 0 Å². The summed E-state index contributed by atoms with van der Waals surface area (Å²) in [5.41, 5.74) is 6.12. The molecular weight excluding hydrogens is 256 g/mol. The molecule has 1 aromatic carbocycles. The minimum atomic E-state index is -0.633. The lowest BCUT2D eigenvalue weighted by Crippen LogP contribution is -2.16. The molecule has 0 aromatic heterocycles. The van der Waals surface area contributed by atoms with Gasteiger partial charge >= 0.3 is 0 Å². The second-order valence-electron chi connectivity index (χ2n) is 5.16. The van der Waals surface area contributed by atoms with Gasteiger partial charge in [0, 0.05) is 6.54 Å². The van der Waals surface area contributed by atoms with Crippen LogP contribution < -0.4 is 15.2 Å². The molecule has 112 valence electrons. The fourth-order valence-corrected chi connectivity index (χ4v) is 2.28. The molecule has 3 N–H and O–H groups in total. The predicted octanol–water partition coefficient (Wildman–Crippen LogP) is 1.16. The van der Waals surface area contributed by atoms with E-state index in [2.05, 4.69) is 11.9 Å². The zero-order valence-corrected chi connectivity index (χ0v) is 12.0. The van der Waals surface area contributed by atoms with Gasteiger partial charge in [0.2, 0.25) is 0 Å². The molecule has 1 atom stereocenters. The Labute approximate surface area is 120 Å². The lowest BCUT2D eigenvalue weighted by atomic mass is 10.1. The molecule has 2 heterocycles. The maximum atomic E-state index is 9.51. The van der Waals surface area contributed by atoms with E-state index in [0.29, 0.717) is 19.0 Å². The van der Waals surface area contributed by atoms with Crippen LogP contribution in [0.15, 0.2) is 18.2 Å². The molecule has 0 saturated carbocycles. The monoisotopic (exact) mass is 280 g/mol. The van der Waals surface area contributed by atoms with Gasteiger partial charge in [-0.2, -0.15) is 0 Å². The molecule has 2 aliphatic heterocycles. The second-order valence-corrected chi connectivity index (χ2v) is 5.16. The zero-order valence-electron chi connectivity index (χ0n) is 12.0. The van der Waals surface area contributed by atoms with Crippen molar-refractivity contribution >= 4 is 0 Å². The Morgan fingerprint density at radius 2 is 1.85 bits per heavy atom. The summed E-state index contributed by atoms with van der Waals surface area (Å²) >= 11 is 0.